The lowest BCUT2D eigenvalue weighted by Crippen LogP contribution is -2.22. The molecule has 2 aliphatic rings. The van der Waals surface area contributed by atoms with Gasteiger partial charge in [0.05, 0.1) is 0 Å². The monoisotopic (exact) mass is 469 g/mol. The highest BCUT2D eigenvalue weighted by molar-refractivity contribution is 6.33. The third-order valence-corrected chi connectivity index (χ3v) is 8.20. The van der Waals surface area contributed by atoms with Gasteiger partial charge in [-0.3, -0.25) is 0 Å². The van der Waals surface area contributed by atoms with E-state index in [1.807, 2.05) is 0 Å². The van der Waals surface area contributed by atoms with Crippen molar-refractivity contribution < 1.29 is 0 Å². The number of halogens is 1. The smallest absolute Gasteiger partial charge is 0.0470 e. The van der Waals surface area contributed by atoms with E-state index in [9.17, 15) is 0 Å². The molecular formula is C32H36ClN. The molecule has 0 atom stereocenters. The van der Waals surface area contributed by atoms with Crippen molar-refractivity contribution in [3.8, 4) is 0 Å². The number of hydrogen-bond acceptors (Lipinski definition) is 1. The van der Waals surface area contributed by atoms with Crippen molar-refractivity contribution in [3.05, 3.63) is 124 Å². The van der Waals surface area contributed by atoms with Gasteiger partial charge in [0.1, 0.15) is 0 Å². The van der Waals surface area contributed by atoms with Gasteiger partial charge in [-0.05, 0) is 65.3 Å². The van der Waals surface area contributed by atoms with E-state index in [1.165, 1.54) is 39.2 Å². The standard InChI is InChI=1S/C32H36ClN/c1-22-12-8-9-13-26(22)31(3,4)23(2)16-17-24-18-19-25(30(24)33)20-21-29-32(5,6)27-14-10-11-15-28(27)34(29)7/h8-17,20-21H,2,18-19H2,1,3-7H3/b17-16+,25-20+,29-21-. The number of benzene rings is 2. The van der Waals surface area contributed by atoms with Crippen LogP contribution in [0.3, 0.4) is 0 Å². The second kappa shape index (κ2) is 9.12. The molecule has 1 aliphatic heterocycles. The van der Waals surface area contributed by atoms with E-state index in [-0.39, 0.29) is 10.8 Å². The molecule has 0 saturated carbocycles. The Balaban J connectivity index is 1.56. The first kappa shape index (κ1) is 24.4. The van der Waals surface area contributed by atoms with Crippen LogP contribution < -0.4 is 4.90 Å². The molecule has 0 bridgehead atoms. The normalized spacial score (nSPS) is 20.1. The van der Waals surface area contributed by atoms with E-state index in [1.54, 1.807) is 0 Å². The Morgan fingerprint density at radius 2 is 1.71 bits per heavy atom. The van der Waals surface area contributed by atoms with Crippen molar-refractivity contribution in [1.82, 2.24) is 0 Å². The summed E-state index contributed by atoms with van der Waals surface area (Å²) in [5.41, 5.74) is 9.87. The third-order valence-electron chi connectivity index (χ3n) is 7.72. The van der Waals surface area contributed by atoms with Crippen LogP contribution in [0.4, 0.5) is 5.69 Å². The number of aryl methyl sites for hydroxylation is 1. The minimum Gasteiger partial charge on any atom is -0.347 e. The molecule has 0 saturated heterocycles. The van der Waals surface area contributed by atoms with E-state index in [0.29, 0.717) is 0 Å². The summed E-state index contributed by atoms with van der Waals surface area (Å²) in [4.78, 5) is 2.30. The summed E-state index contributed by atoms with van der Waals surface area (Å²) in [6, 6.07) is 17.2. The van der Waals surface area contributed by atoms with Gasteiger partial charge in [0.2, 0.25) is 0 Å². The fraction of sp³-hybridized carbons (Fsp3) is 0.312. The van der Waals surface area contributed by atoms with Gasteiger partial charge < -0.3 is 4.90 Å². The molecule has 1 aliphatic carbocycles. The zero-order valence-electron chi connectivity index (χ0n) is 21.4. The maximum Gasteiger partial charge on any atom is 0.0470 e. The van der Waals surface area contributed by atoms with Crippen molar-refractivity contribution in [2.75, 3.05) is 11.9 Å². The molecule has 1 nitrogen and oxygen atoms in total. The lowest BCUT2D eigenvalue weighted by atomic mass is 9.76. The van der Waals surface area contributed by atoms with Crippen LogP contribution in [0.15, 0.2) is 107 Å². The molecular weight excluding hydrogens is 434 g/mol. The highest BCUT2D eigenvalue weighted by Gasteiger charge is 2.37. The minimum absolute atomic E-state index is 0.0289. The number of rotatable bonds is 5. The molecule has 0 amide bonds. The lowest BCUT2D eigenvalue weighted by molar-refractivity contribution is 0.636. The maximum absolute atomic E-state index is 6.85. The molecule has 0 N–H and O–H groups in total. The van der Waals surface area contributed by atoms with E-state index in [0.717, 1.165) is 23.4 Å². The molecule has 176 valence electrons. The van der Waals surface area contributed by atoms with Crippen LogP contribution in [-0.4, -0.2) is 7.05 Å². The van der Waals surface area contributed by atoms with E-state index in [4.69, 9.17) is 11.6 Å². The Labute approximate surface area is 210 Å². The third kappa shape index (κ3) is 4.23. The van der Waals surface area contributed by atoms with Gasteiger partial charge in [-0.25, -0.2) is 0 Å². The van der Waals surface area contributed by atoms with Gasteiger partial charge in [0.25, 0.3) is 0 Å². The molecule has 0 fully saturated rings. The topological polar surface area (TPSA) is 3.24 Å². The van der Waals surface area contributed by atoms with E-state index < -0.39 is 0 Å². The molecule has 2 heteroatoms. The fourth-order valence-corrected chi connectivity index (χ4v) is 5.66. The van der Waals surface area contributed by atoms with Gasteiger partial charge in [-0.2, -0.15) is 0 Å². The van der Waals surface area contributed by atoms with Gasteiger partial charge >= 0.3 is 0 Å². The number of fused-ring (bicyclic) bond motifs is 1. The van der Waals surface area contributed by atoms with E-state index >= 15 is 0 Å². The number of nitrogens with zero attached hydrogens (tertiary/aromatic N) is 1. The van der Waals surface area contributed by atoms with E-state index in [2.05, 4.69) is 126 Å². The molecule has 0 radical (unpaired) electrons. The number of allylic oxidation sites excluding steroid dienone is 9. The van der Waals surface area contributed by atoms with Crippen LogP contribution in [0.1, 0.15) is 57.2 Å². The average molecular weight is 470 g/mol. The van der Waals surface area contributed by atoms with Crippen LogP contribution >= 0.6 is 11.6 Å². The number of anilines is 1. The minimum atomic E-state index is -0.135. The summed E-state index contributed by atoms with van der Waals surface area (Å²) < 4.78 is 0. The predicted molar refractivity (Wildman–Crippen MR) is 149 cm³/mol. The molecule has 4 rings (SSSR count). The Morgan fingerprint density at radius 1 is 1.03 bits per heavy atom. The van der Waals surface area contributed by atoms with Crippen molar-refractivity contribution in [3.63, 3.8) is 0 Å². The first-order valence-electron chi connectivity index (χ1n) is 12.1. The van der Waals surface area contributed by atoms with Gasteiger partial charge in [0, 0.05) is 34.3 Å². The Hall–Kier alpha value is -2.77. The van der Waals surface area contributed by atoms with Gasteiger partial charge in [0.15, 0.2) is 0 Å². The van der Waals surface area contributed by atoms with Crippen molar-refractivity contribution in [1.29, 1.82) is 0 Å². The van der Waals surface area contributed by atoms with Crippen LogP contribution in [0, 0.1) is 6.92 Å². The summed E-state index contributed by atoms with van der Waals surface area (Å²) in [7, 11) is 2.15. The molecule has 0 aromatic heterocycles. The predicted octanol–water partition coefficient (Wildman–Crippen LogP) is 8.91. The van der Waals surface area contributed by atoms with Crippen LogP contribution in [0.25, 0.3) is 0 Å². The van der Waals surface area contributed by atoms with Crippen LogP contribution in [0.5, 0.6) is 0 Å². The second-order valence-corrected chi connectivity index (χ2v) is 11.0. The fourth-order valence-electron chi connectivity index (χ4n) is 5.35. The molecule has 34 heavy (non-hydrogen) atoms. The van der Waals surface area contributed by atoms with Crippen molar-refractivity contribution in [2.45, 2.75) is 58.3 Å². The summed E-state index contributed by atoms with van der Waals surface area (Å²) in [5.74, 6) is 0. The summed E-state index contributed by atoms with van der Waals surface area (Å²) in [5, 5.41) is 0.880. The zero-order chi connectivity index (χ0) is 24.7. The Kier molecular flexibility index (Phi) is 6.53. The molecule has 1 heterocycles. The molecule has 2 aromatic rings. The maximum atomic E-state index is 6.85. The first-order valence-corrected chi connectivity index (χ1v) is 12.5. The van der Waals surface area contributed by atoms with Crippen LogP contribution in [0.2, 0.25) is 0 Å². The molecule has 2 aromatic carbocycles. The van der Waals surface area contributed by atoms with Crippen molar-refractivity contribution >= 4 is 17.3 Å². The zero-order valence-corrected chi connectivity index (χ0v) is 22.1. The Morgan fingerprint density at radius 3 is 2.41 bits per heavy atom. The first-order chi connectivity index (χ1) is 16.0. The molecule has 0 spiro atoms. The largest absolute Gasteiger partial charge is 0.347 e. The number of para-hydroxylation sites is 1. The quantitative estimate of drug-likeness (QED) is 0.395. The van der Waals surface area contributed by atoms with Gasteiger partial charge in [-0.1, -0.05) is 107 Å². The average Bonchev–Trinajstić information content (AvgIpc) is 3.25. The highest BCUT2D eigenvalue weighted by Crippen LogP contribution is 2.47. The summed E-state index contributed by atoms with van der Waals surface area (Å²) in [6.07, 6.45) is 10.7. The number of likely N-dealkylation sites (N-methyl/N-ethyl adjacent to an activating group) is 1. The highest BCUT2D eigenvalue weighted by atomic mass is 35.5. The summed E-state index contributed by atoms with van der Waals surface area (Å²) >= 11 is 6.85. The van der Waals surface area contributed by atoms with Gasteiger partial charge in [-0.15, -0.1) is 0 Å². The Bertz CT molecular complexity index is 1250. The van der Waals surface area contributed by atoms with Crippen LogP contribution in [-0.2, 0) is 10.8 Å². The molecule has 0 unspecified atom stereocenters. The summed E-state index contributed by atoms with van der Waals surface area (Å²) in [6.45, 7) is 15.6. The van der Waals surface area contributed by atoms with Crippen molar-refractivity contribution in [2.24, 2.45) is 0 Å². The second-order valence-electron chi connectivity index (χ2n) is 10.6. The SMILES string of the molecule is C=C(/C=C/C1=C(Cl)C(=C/C=C2\N(C)c3ccccc3C2(C)C)/CC1)C(C)(C)c1ccccc1C. The number of hydrogen-bond donors (Lipinski definition) is 0. The lowest BCUT2D eigenvalue weighted by Gasteiger charge is -2.28.